The van der Waals surface area contributed by atoms with Crippen molar-refractivity contribution in [2.24, 2.45) is 0 Å². The highest BCUT2D eigenvalue weighted by Gasteiger charge is 2.23. The van der Waals surface area contributed by atoms with E-state index in [4.69, 9.17) is 16.7 Å². The number of hydrogen-bond acceptors (Lipinski definition) is 3. The fourth-order valence-corrected chi connectivity index (χ4v) is 1.52. The van der Waals surface area contributed by atoms with E-state index in [-0.39, 0.29) is 0 Å². The van der Waals surface area contributed by atoms with Gasteiger partial charge >= 0.3 is 5.97 Å². The summed E-state index contributed by atoms with van der Waals surface area (Å²) in [5, 5.41) is 7.98. The van der Waals surface area contributed by atoms with E-state index in [1.54, 1.807) is 0 Å². The second kappa shape index (κ2) is 5.09. The van der Waals surface area contributed by atoms with Crippen LogP contribution in [0.5, 0.6) is 5.75 Å². The molecular weight excluding hydrogens is 258 g/mol. The van der Waals surface area contributed by atoms with Crippen LogP contribution in [0.25, 0.3) is 0 Å². The van der Waals surface area contributed by atoms with E-state index in [9.17, 15) is 18.4 Å². The molecule has 0 aromatic heterocycles. The normalized spacial score (nSPS) is 10.1. The third-order valence-electron chi connectivity index (χ3n) is 1.93. The van der Waals surface area contributed by atoms with Gasteiger partial charge in [0.2, 0.25) is 5.82 Å². The maximum Gasteiger partial charge on any atom is 0.311 e. The number of methoxy groups -OCH3 is 1. The van der Waals surface area contributed by atoms with Gasteiger partial charge in [-0.3, -0.25) is 9.59 Å². The van der Waals surface area contributed by atoms with Gasteiger partial charge in [-0.1, -0.05) is 11.6 Å². The maximum atomic E-state index is 13.2. The molecule has 1 aromatic carbocycles. The third kappa shape index (κ3) is 2.71. The summed E-state index contributed by atoms with van der Waals surface area (Å²) in [7, 11) is 1.05. The molecule has 17 heavy (non-hydrogen) atoms. The van der Waals surface area contributed by atoms with Gasteiger partial charge in [0.25, 0.3) is 0 Å². The lowest BCUT2D eigenvalue weighted by molar-refractivity contribution is -0.135. The molecule has 0 unspecified atom stereocenters. The zero-order valence-electron chi connectivity index (χ0n) is 8.59. The van der Waals surface area contributed by atoms with Crippen molar-refractivity contribution in [3.05, 3.63) is 28.3 Å². The molecule has 0 saturated heterocycles. The Morgan fingerprint density at radius 3 is 2.53 bits per heavy atom. The summed E-state index contributed by atoms with van der Waals surface area (Å²) in [5.74, 6) is -5.61. The van der Waals surface area contributed by atoms with Crippen LogP contribution in [0.4, 0.5) is 8.78 Å². The summed E-state index contributed by atoms with van der Waals surface area (Å²) in [6.45, 7) is 0. The van der Waals surface area contributed by atoms with Gasteiger partial charge in [-0.05, 0) is 6.07 Å². The van der Waals surface area contributed by atoms with Crippen LogP contribution in [0.1, 0.15) is 16.8 Å². The Hall–Kier alpha value is -1.69. The minimum atomic E-state index is -1.39. The van der Waals surface area contributed by atoms with Crippen molar-refractivity contribution < 1.29 is 28.2 Å². The molecular formula is C10H7ClF2O4. The van der Waals surface area contributed by atoms with E-state index in [1.165, 1.54) is 0 Å². The van der Waals surface area contributed by atoms with E-state index >= 15 is 0 Å². The Labute approximate surface area is 99.8 Å². The summed E-state index contributed by atoms with van der Waals surface area (Å²) in [6, 6.07) is 0.547. The Kier molecular flexibility index (Phi) is 4.01. The molecule has 0 saturated carbocycles. The molecule has 4 nitrogen and oxygen atoms in total. The van der Waals surface area contributed by atoms with Crippen molar-refractivity contribution in [1.82, 2.24) is 0 Å². The van der Waals surface area contributed by atoms with E-state index in [0.29, 0.717) is 6.07 Å². The number of rotatable bonds is 4. The standard InChI is InChI=1S/C10H7ClF2O4/c1-17-10-8(11)4(2-5(12)9(10)13)6(14)3-7(15)16/h2H,3H2,1H3,(H,15,16). The third-order valence-corrected chi connectivity index (χ3v) is 2.31. The van der Waals surface area contributed by atoms with Crippen LogP contribution < -0.4 is 4.74 Å². The number of carbonyl (C=O) groups is 2. The predicted molar refractivity (Wildman–Crippen MR) is 54.5 cm³/mol. The Morgan fingerprint density at radius 1 is 1.47 bits per heavy atom. The maximum absolute atomic E-state index is 13.2. The van der Waals surface area contributed by atoms with Gasteiger partial charge in [-0.25, -0.2) is 4.39 Å². The van der Waals surface area contributed by atoms with Crippen molar-refractivity contribution >= 4 is 23.4 Å². The largest absolute Gasteiger partial charge is 0.492 e. The zero-order valence-corrected chi connectivity index (χ0v) is 9.35. The minimum absolute atomic E-state index is 0.426. The second-order valence-corrected chi connectivity index (χ2v) is 3.44. The fourth-order valence-electron chi connectivity index (χ4n) is 1.20. The Balaban J connectivity index is 3.30. The zero-order chi connectivity index (χ0) is 13.2. The minimum Gasteiger partial charge on any atom is -0.492 e. The summed E-state index contributed by atoms with van der Waals surface area (Å²) < 4.78 is 30.8. The average Bonchev–Trinajstić information content (AvgIpc) is 2.23. The van der Waals surface area contributed by atoms with Crippen LogP contribution >= 0.6 is 11.6 Å². The van der Waals surface area contributed by atoms with E-state index in [1.807, 2.05) is 0 Å². The molecule has 0 aliphatic rings. The number of ether oxygens (including phenoxy) is 1. The monoisotopic (exact) mass is 264 g/mol. The molecule has 0 aliphatic carbocycles. The quantitative estimate of drug-likeness (QED) is 0.515. The van der Waals surface area contributed by atoms with Crippen LogP contribution in [0, 0.1) is 11.6 Å². The molecule has 92 valence electrons. The van der Waals surface area contributed by atoms with Crippen molar-refractivity contribution in [3.8, 4) is 5.75 Å². The first-order chi connectivity index (χ1) is 7.88. The lowest BCUT2D eigenvalue weighted by atomic mass is 10.1. The van der Waals surface area contributed by atoms with E-state index in [2.05, 4.69) is 4.74 Å². The van der Waals surface area contributed by atoms with Crippen molar-refractivity contribution in [1.29, 1.82) is 0 Å². The average molecular weight is 265 g/mol. The van der Waals surface area contributed by atoms with Crippen molar-refractivity contribution in [2.45, 2.75) is 6.42 Å². The highest BCUT2D eigenvalue weighted by atomic mass is 35.5. The van der Waals surface area contributed by atoms with Gasteiger partial charge in [-0.15, -0.1) is 0 Å². The van der Waals surface area contributed by atoms with Crippen LogP contribution in [-0.2, 0) is 4.79 Å². The van der Waals surface area contributed by atoms with E-state index in [0.717, 1.165) is 7.11 Å². The fraction of sp³-hybridized carbons (Fsp3) is 0.200. The molecule has 0 radical (unpaired) electrons. The molecule has 1 N–H and O–H groups in total. The molecule has 1 rings (SSSR count). The van der Waals surface area contributed by atoms with Gasteiger partial charge in [-0.2, -0.15) is 4.39 Å². The first-order valence-corrected chi connectivity index (χ1v) is 4.72. The molecule has 0 bridgehead atoms. The molecule has 1 aromatic rings. The number of carboxylic acids is 1. The van der Waals surface area contributed by atoms with Crippen molar-refractivity contribution in [2.75, 3.05) is 7.11 Å². The molecule has 0 fully saturated rings. The van der Waals surface area contributed by atoms with Gasteiger partial charge in [0.1, 0.15) is 6.42 Å². The topological polar surface area (TPSA) is 63.6 Å². The lowest BCUT2D eigenvalue weighted by Gasteiger charge is -2.09. The highest BCUT2D eigenvalue weighted by Crippen LogP contribution is 2.33. The number of ketones is 1. The van der Waals surface area contributed by atoms with Gasteiger partial charge in [0.15, 0.2) is 17.3 Å². The molecule has 0 amide bonds. The molecule has 0 aliphatic heterocycles. The number of carboxylic acid groups (broad SMARTS) is 1. The number of carbonyl (C=O) groups excluding carboxylic acids is 1. The number of aliphatic carboxylic acids is 1. The van der Waals surface area contributed by atoms with Crippen LogP contribution in [-0.4, -0.2) is 24.0 Å². The van der Waals surface area contributed by atoms with Gasteiger partial charge in [0.05, 0.1) is 12.1 Å². The number of Topliss-reactive ketones (excluding diaryl/α,β-unsaturated/α-hetero) is 1. The van der Waals surface area contributed by atoms with Gasteiger partial charge < -0.3 is 9.84 Å². The number of hydrogen-bond donors (Lipinski definition) is 1. The first-order valence-electron chi connectivity index (χ1n) is 4.35. The summed E-state index contributed by atoms with van der Waals surface area (Å²) in [4.78, 5) is 21.7. The summed E-state index contributed by atoms with van der Waals surface area (Å²) in [6.07, 6.45) is -0.867. The first kappa shape index (κ1) is 13.4. The second-order valence-electron chi connectivity index (χ2n) is 3.06. The van der Waals surface area contributed by atoms with Gasteiger partial charge in [0, 0.05) is 5.56 Å². The van der Waals surface area contributed by atoms with E-state index < -0.39 is 46.1 Å². The Bertz CT molecular complexity index is 488. The van der Waals surface area contributed by atoms with Crippen LogP contribution in [0.2, 0.25) is 5.02 Å². The SMILES string of the molecule is COc1c(F)c(F)cc(C(=O)CC(=O)O)c1Cl. The smallest absolute Gasteiger partial charge is 0.311 e. The summed E-state index contributed by atoms with van der Waals surface area (Å²) >= 11 is 5.62. The number of halogens is 3. The molecule has 0 heterocycles. The predicted octanol–water partition coefficient (Wildman–Crippen LogP) is 2.28. The van der Waals surface area contributed by atoms with Crippen molar-refractivity contribution in [3.63, 3.8) is 0 Å². The van der Waals surface area contributed by atoms with Crippen LogP contribution in [0.3, 0.4) is 0 Å². The lowest BCUT2D eigenvalue weighted by Crippen LogP contribution is -2.09. The summed E-state index contributed by atoms with van der Waals surface area (Å²) in [5.41, 5.74) is -0.426. The van der Waals surface area contributed by atoms with Crippen LogP contribution in [0.15, 0.2) is 6.07 Å². The Morgan fingerprint density at radius 2 is 2.06 bits per heavy atom. The molecule has 0 spiro atoms. The molecule has 0 atom stereocenters. The molecule has 7 heteroatoms. The highest BCUT2D eigenvalue weighted by molar-refractivity contribution is 6.35. The number of benzene rings is 1.